The van der Waals surface area contributed by atoms with Crippen LogP contribution in [0, 0.1) is 0 Å². The van der Waals surface area contributed by atoms with E-state index in [1.54, 1.807) is 14.1 Å². The van der Waals surface area contributed by atoms with Crippen molar-refractivity contribution in [2.24, 2.45) is 10.9 Å². The van der Waals surface area contributed by atoms with Crippen LogP contribution in [0.15, 0.2) is 5.16 Å². The van der Waals surface area contributed by atoms with Gasteiger partial charge in [0.2, 0.25) is 0 Å². The monoisotopic (exact) mass is 188 g/mol. The minimum atomic E-state index is -0.158. The highest BCUT2D eigenvalue weighted by molar-refractivity contribution is 5.86. The van der Waals surface area contributed by atoms with Gasteiger partial charge in [0.05, 0.1) is 6.54 Å². The first-order valence-corrected chi connectivity index (χ1v) is 3.95. The van der Waals surface area contributed by atoms with Gasteiger partial charge in [-0.15, -0.1) is 0 Å². The van der Waals surface area contributed by atoms with E-state index < -0.39 is 0 Å². The number of rotatable bonds is 3. The van der Waals surface area contributed by atoms with Crippen LogP contribution in [-0.2, 0) is 0 Å². The standard InChI is InChI=1S/C7H16N4O2/c1-4-10(2)7(12)11(3)5-6(8)9-13/h13H,4-5H2,1-3H3,(H2,8,9). The van der Waals surface area contributed by atoms with E-state index in [-0.39, 0.29) is 18.4 Å². The number of hydrogen-bond donors (Lipinski definition) is 2. The summed E-state index contributed by atoms with van der Waals surface area (Å²) in [6.45, 7) is 2.62. The van der Waals surface area contributed by atoms with E-state index in [0.717, 1.165) is 0 Å². The number of amidine groups is 1. The Balaban J connectivity index is 4.11. The molecule has 0 aliphatic heterocycles. The molecule has 0 aromatic heterocycles. The van der Waals surface area contributed by atoms with Crippen LogP contribution in [0.25, 0.3) is 0 Å². The number of carbonyl (C=O) groups excluding carboxylic acids is 1. The highest BCUT2D eigenvalue weighted by Gasteiger charge is 2.13. The van der Waals surface area contributed by atoms with Crippen LogP contribution in [0.4, 0.5) is 4.79 Å². The summed E-state index contributed by atoms with van der Waals surface area (Å²) in [6, 6.07) is -0.158. The molecule has 0 aliphatic carbocycles. The van der Waals surface area contributed by atoms with Crippen LogP contribution < -0.4 is 5.73 Å². The number of carbonyl (C=O) groups is 1. The summed E-state index contributed by atoms with van der Waals surface area (Å²) in [4.78, 5) is 14.3. The molecule has 3 N–H and O–H groups in total. The lowest BCUT2D eigenvalue weighted by Crippen LogP contribution is -2.42. The molecule has 0 unspecified atom stereocenters. The molecular weight excluding hydrogens is 172 g/mol. The molecule has 0 spiro atoms. The second kappa shape index (κ2) is 5.23. The van der Waals surface area contributed by atoms with Crippen LogP contribution in [0.3, 0.4) is 0 Å². The lowest BCUT2D eigenvalue weighted by atomic mass is 10.5. The van der Waals surface area contributed by atoms with Crippen molar-refractivity contribution in [2.45, 2.75) is 6.92 Å². The largest absolute Gasteiger partial charge is 0.409 e. The maximum absolute atomic E-state index is 11.4. The van der Waals surface area contributed by atoms with Gasteiger partial charge in [-0.3, -0.25) is 0 Å². The molecule has 2 amide bonds. The average molecular weight is 188 g/mol. The fourth-order valence-corrected chi connectivity index (χ4v) is 0.769. The zero-order chi connectivity index (χ0) is 10.4. The van der Waals surface area contributed by atoms with Gasteiger partial charge in [0, 0.05) is 20.6 Å². The third kappa shape index (κ3) is 3.64. The predicted octanol–water partition coefficient (Wildman–Crippen LogP) is -0.264. The number of oxime groups is 1. The topological polar surface area (TPSA) is 82.2 Å². The summed E-state index contributed by atoms with van der Waals surface area (Å²) in [5, 5.41) is 11.1. The van der Waals surface area contributed by atoms with Crippen molar-refractivity contribution >= 4 is 11.9 Å². The van der Waals surface area contributed by atoms with Crippen molar-refractivity contribution in [1.82, 2.24) is 9.80 Å². The van der Waals surface area contributed by atoms with E-state index in [0.29, 0.717) is 6.54 Å². The first-order valence-electron chi connectivity index (χ1n) is 3.95. The van der Waals surface area contributed by atoms with E-state index in [1.807, 2.05) is 6.92 Å². The Hall–Kier alpha value is -1.46. The molecule has 0 bridgehead atoms. The molecule has 0 fully saturated rings. The molecule has 0 atom stereocenters. The zero-order valence-corrected chi connectivity index (χ0v) is 8.19. The number of urea groups is 1. The summed E-state index contributed by atoms with van der Waals surface area (Å²) in [6.07, 6.45) is 0. The van der Waals surface area contributed by atoms with Crippen molar-refractivity contribution in [3.63, 3.8) is 0 Å². The van der Waals surface area contributed by atoms with E-state index >= 15 is 0 Å². The molecule has 0 aliphatic rings. The number of nitrogens with two attached hydrogens (primary N) is 1. The molecular formula is C7H16N4O2. The molecule has 0 aromatic carbocycles. The molecule has 0 rings (SSSR count). The fourth-order valence-electron chi connectivity index (χ4n) is 0.769. The van der Waals surface area contributed by atoms with Gasteiger partial charge >= 0.3 is 6.03 Å². The van der Waals surface area contributed by atoms with Crippen molar-refractivity contribution in [3.8, 4) is 0 Å². The maximum Gasteiger partial charge on any atom is 0.319 e. The van der Waals surface area contributed by atoms with Gasteiger partial charge in [0.15, 0.2) is 5.84 Å². The van der Waals surface area contributed by atoms with Crippen molar-refractivity contribution in [1.29, 1.82) is 0 Å². The fraction of sp³-hybridized carbons (Fsp3) is 0.714. The van der Waals surface area contributed by atoms with Crippen molar-refractivity contribution in [2.75, 3.05) is 27.2 Å². The van der Waals surface area contributed by atoms with Crippen LogP contribution in [0.2, 0.25) is 0 Å². The number of hydrogen-bond acceptors (Lipinski definition) is 3. The van der Waals surface area contributed by atoms with Crippen LogP contribution in [-0.4, -0.2) is 54.1 Å². The Morgan fingerprint density at radius 3 is 2.38 bits per heavy atom. The van der Waals surface area contributed by atoms with Crippen molar-refractivity contribution < 1.29 is 10.0 Å². The Kier molecular flexibility index (Phi) is 4.64. The van der Waals surface area contributed by atoms with Crippen LogP contribution in [0.5, 0.6) is 0 Å². The smallest absolute Gasteiger partial charge is 0.319 e. The van der Waals surface area contributed by atoms with Gasteiger partial charge in [-0.1, -0.05) is 5.16 Å². The SMILES string of the molecule is CCN(C)C(=O)N(C)CC(N)=NO. The molecule has 0 saturated heterocycles. The summed E-state index contributed by atoms with van der Waals surface area (Å²) in [7, 11) is 3.28. The highest BCUT2D eigenvalue weighted by Crippen LogP contribution is 1.92. The van der Waals surface area contributed by atoms with E-state index in [1.165, 1.54) is 9.80 Å². The Morgan fingerprint density at radius 2 is 2.00 bits per heavy atom. The van der Waals surface area contributed by atoms with E-state index in [9.17, 15) is 4.79 Å². The van der Waals surface area contributed by atoms with Gasteiger partial charge < -0.3 is 20.7 Å². The molecule has 6 nitrogen and oxygen atoms in total. The van der Waals surface area contributed by atoms with Crippen molar-refractivity contribution in [3.05, 3.63) is 0 Å². The second-order valence-electron chi connectivity index (χ2n) is 2.74. The van der Waals surface area contributed by atoms with E-state index in [2.05, 4.69) is 5.16 Å². The second-order valence-corrected chi connectivity index (χ2v) is 2.74. The van der Waals surface area contributed by atoms with Gasteiger partial charge in [-0.05, 0) is 6.92 Å². The van der Waals surface area contributed by atoms with Crippen LogP contribution >= 0.6 is 0 Å². The van der Waals surface area contributed by atoms with Gasteiger partial charge in [0.1, 0.15) is 0 Å². The summed E-state index contributed by atoms with van der Waals surface area (Å²) in [5.41, 5.74) is 5.24. The summed E-state index contributed by atoms with van der Waals surface area (Å²) >= 11 is 0. The van der Waals surface area contributed by atoms with Crippen LogP contribution in [0.1, 0.15) is 6.92 Å². The Labute approximate surface area is 77.6 Å². The lowest BCUT2D eigenvalue weighted by Gasteiger charge is -2.22. The average Bonchev–Trinajstić information content (AvgIpc) is 2.14. The van der Waals surface area contributed by atoms with Gasteiger partial charge in [-0.25, -0.2) is 4.79 Å². The van der Waals surface area contributed by atoms with E-state index in [4.69, 9.17) is 10.9 Å². The first kappa shape index (κ1) is 11.5. The third-order valence-corrected chi connectivity index (χ3v) is 1.66. The Bertz CT molecular complexity index is 205. The molecule has 13 heavy (non-hydrogen) atoms. The number of nitrogens with zero attached hydrogens (tertiary/aromatic N) is 3. The quantitative estimate of drug-likeness (QED) is 0.277. The molecule has 0 saturated carbocycles. The molecule has 0 aromatic rings. The molecule has 0 heterocycles. The van der Waals surface area contributed by atoms with Gasteiger partial charge in [-0.2, -0.15) is 0 Å². The summed E-state index contributed by atoms with van der Waals surface area (Å²) < 4.78 is 0. The number of likely N-dealkylation sites (N-methyl/N-ethyl adjacent to an activating group) is 1. The maximum atomic E-state index is 11.4. The molecule has 76 valence electrons. The van der Waals surface area contributed by atoms with Gasteiger partial charge in [0.25, 0.3) is 0 Å². The third-order valence-electron chi connectivity index (χ3n) is 1.66. The summed E-state index contributed by atoms with van der Waals surface area (Å²) in [5.74, 6) is 0.0142. The molecule has 6 heteroatoms. The Morgan fingerprint density at radius 1 is 1.46 bits per heavy atom. The number of amides is 2. The minimum Gasteiger partial charge on any atom is -0.409 e. The predicted molar refractivity (Wildman–Crippen MR) is 49.7 cm³/mol. The first-order chi connectivity index (χ1) is 6.02. The molecule has 0 radical (unpaired) electrons. The highest BCUT2D eigenvalue weighted by atomic mass is 16.4. The minimum absolute atomic E-state index is 0.0142. The normalized spacial score (nSPS) is 11.2. The lowest BCUT2D eigenvalue weighted by molar-refractivity contribution is 0.180. The zero-order valence-electron chi connectivity index (χ0n) is 8.19.